The lowest BCUT2D eigenvalue weighted by molar-refractivity contribution is -0.116. The number of amides is 1. The normalized spacial score (nSPS) is 10.5. The molecular weight excluding hydrogens is 326 g/mol. The molecule has 0 aliphatic carbocycles. The Hall–Kier alpha value is -3.28. The minimum absolute atomic E-state index is 0.0174. The number of anilines is 3. The van der Waals surface area contributed by atoms with E-state index >= 15 is 0 Å². The second kappa shape index (κ2) is 7.31. The fourth-order valence-electron chi connectivity index (χ4n) is 2.49. The molecule has 0 saturated carbocycles. The van der Waals surface area contributed by atoms with Gasteiger partial charge in [-0.1, -0.05) is 6.07 Å². The Kier molecular flexibility index (Phi) is 4.93. The van der Waals surface area contributed by atoms with E-state index in [4.69, 9.17) is 0 Å². The third-order valence-electron chi connectivity index (χ3n) is 4.30. The maximum absolute atomic E-state index is 11.6. The summed E-state index contributed by atoms with van der Waals surface area (Å²) in [5.74, 6) is 1.37. The Labute approximate surface area is 153 Å². The molecule has 0 bridgehead atoms. The average Bonchev–Trinajstić information content (AvgIpc) is 2.65. The summed E-state index contributed by atoms with van der Waals surface area (Å²) >= 11 is 0. The van der Waals surface area contributed by atoms with Gasteiger partial charge in [0.1, 0.15) is 5.82 Å². The number of aromatic nitrogens is 3. The van der Waals surface area contributed by atoms with Gasteiger partial charge in [-0.05, 0) is 44.2 Å². The molecule has 0 saturated heterocycles. The van der Waals surface area contributed by atoms with Crippen molar-refractivity contribution in [3.8, 4) is 11.4 Å². The van der Waals surface area contributed by atoms with E-state index in [-0.39, 0.29) is 5.91 Å². The maximum Gasteiger partial charge on any atom is 0.223 e. The zero-order valence-electron chi connectivity index (χ0n) is 15.3. The first-order chi connectivity index (χ1) is 12.5. The van der Waals surface area contributed by atoms with Crippen LogP contribution in [0.4, 0.5) is 17.2 Å². The number of carbonyl (C=O) groups is 1. The van der Waals surface area contributed by atoms with E-state index in [0.29, 0.717) is 5.82 Å². The molecule has 1 N–H and O–H groups in total. The minimum Gasteiger partial charge on any atom is -0.340 e. The summed E-state index contributed by atoms with van der Waals surface area (Å²) in [6, 6.07) is 11.4. The third kappa shape index (κ3) is 3.69. The van der Waals surface area contributed by atoms with E-state index in [1.54, 1.807) is 31.3 Å². The Morgan fingerprint density at radius 2 is 1.81 bits per heavy atom. The number of nitrogens with one attached hydrogen (secondary N) is 1. The monoisotopic (exact) mass is 347 g/mol. The highest BCUT2D eigenvalue weighted by Gasteiger charge is 2.11. The van der Waals surface area contributed by atoms with E-state index in [1.165, 1.54) is 0 Å². The number of aryl methyl sites for hydroxylation is 1. The van der Waals surface area contributed by atoms with Crippen LogP contribution in [0.2, 0.25) is 0 Å². The van der Waals surface area contributed by atoms with Crippen molar-refractivity contribution in [3.05, 3.63) is 60.0 Å². The molecule has 6 nitrogen and oxygen atoms in total. The number of carbonyl (C=O) groups excluding carboxylic acids is 1. The fourth-order valence-corrected chi connectivity index (χ4v) is 2.49. The molecule has 6 heteroatoms. The molecule has 0 radical (unpaired) electrons. The molecular formula is C20H21N5O. The fraction of sp³-hybridized carbons (Fsp3) is 0.200. The zero-order chi connectivity index (χ0) is 18.7. The van der Waals surface area contributed by atoms with Crippen LogP contribution in [-0.2, 0) is 4.79 Å². The molecule has 2 heterocycles. The number of nitrogens with zero attached hydrogens (tertiary/aromatic N) is 4. The summed E-state index contributed by atoms with van der Waals surface area (Å²) in [5, 5.41) is 3.35. The van der Waals surface area contributed by atoms with E-state index < -0.39 is 0 Å². The number of rotatable bonds is 4. The van der Waals surface area contributed by atoms with Crippen molar-refractivity contribution in [3.63, 3.8) is 0 Å². The van der Waals surface area contributed by atoms with Crippen LogP contribution in [0.1, 0.15) is 18.2 Å². The predicted molar refractivity (Wildman–Crippen MR) is 104 cm³/mol. The van der Waals surface area contributed by atoms with Crippen molar-refractivity contribution >= 4 is 23.1 Å². The molecule has 0 unspecified atom stereocenters. The SMILES string of the molecule is CC(=O)N(C)c1cccc(Nc2nc(-c3ccncc3)nc(C)c2C)c1. The van der Waals surface area contributed by atoms with Gasteiger partial charge in [0, 0.05) is 54.6 Å². The quantitative estimate of drug-likeness (QED) is 0.775. The van der Waals surface area contributed by atoms with Gasteiger partial charge < -0.3 is 10.2 Å². The minimum atomic E-state index is -0.0174. The Morgan fingerprint density at radius 3 is 2.50 bits per heavy atom. The summed E-state index contributed by atoms with van der Waals surface area (Å²) < 4.78 is 0. The molecule has 0 atom stereocenters. The summed E-state index contributed by atoms with van der Waals surface area (Å²) in [7, 11) is 1.75. The van der Waals surface area contributed by atoms with Crippen molar-refractivity contribution in [2.45, 2.75) is 20.8 Å². The van der Waals surface area contributed by atoms with Crippen LogP contribution in [0.25, 0.3) is 11.4 Å². The first-order valence-corrected chi connectivity index (χ1v) is 8.32. The highest BCUT2D eigenvalue weighted by molar-refractivity contribution is 5.91. The highest BCUT2D eigenvalue weighted by Crippen LogP contribution is 2.26. The molecule has 1 aromatic carbocycles. The molecule has 3 aromatic rings. The number of hydrogen-bond donors (Lipinski definition) is 1. The molecule has 26 heavy (non-hydrogen) atoms. The summed E-state index contributed by atoms with van der Waals surface area (Å²) in [6.45, 7) is 5.49. The first kappa shape index (κ1) is 17.5. The second-order valence-electron chi connectivity index (χ2n) is 6.10. The zero-order valence-corrected chi connectivity index (χ0v) is 15.3. The van der Waals surface area contributed by atoms with Crippen LogP contribution in [0.5, 0.6) is 0 Å². The lowest BCUT2D eigenvalue weighted by atomic mass is 10.2. The lowest BCUT2D eigenvalue weighted by Gasteiger charge is -2.17. The van der Waals surface area contributed by atoms with Crippen molar-refractivity contribution in [2.24, 2.45) is 0 Å². The first-order valence-electron chi connectivity index (χ1n) is 8.32. The largest absolute Gasteiger partial charge is 0.340 e. The molecule has 1 amide bonds. The molecule has 0 fully saturated rings. The van der Waals surface area contributed by atoms with Gasteiger partial charge in [0.25, 0.3) is 0 Å². The van der Waals surface area contributed by atoms with Gasteiger partial charge in [0.05, 0.1) is 0 Å². The van der Waals surface area contributed by atoms with E-state index in [2.05, 4.69) is 20.3 Å². The van der Waals surface area contributed by atoms with Gasteiger partial charge in [-0.3, -0.25) is 9.78 Å². The number of pyridine rings is 1. The van der Waals surface area contributed by atoms with Crippen LogP contribution < -0.4 is 10.2 Å². The van der Waals surface area contributed by atoms with Crippen molar-refractivity contribution < 1.29 is 4.79 Å². The molecule has 2 aromatic heterocycles. The van der Waals surface area contributed by atoms with E-state index in [9.17, 15) is 4.79 Å². The number of benzene rings is 1. The molecule has 132 valence electrons. The molecule has 0 aliphatic rings. The Bertz CT molecular complexity index is 940. The van der Waals surface area contributed by atoms with Crippen LogP contribution in [0.3, 0.4) is 0 Å². The van der Waals surface area contributed by atoms with Crippen LogP contribution in [0.15, 0.2) is 48.8 Å². The lowest BCUT2D eigenvalue weighted by Crippen LogP contribution is -2.22. The van der Waals surface area contributed by atoms with Crippen LogP contribution in [0, 0.1) is 13.8 Å². The standard InChI is InChI=1S/C20H21N5O/c1-13-14(2)22-20(16-8-10-21-11-9-16)24-19(13)23-17-6-5-7-18(12-17)25(4)15(3)26/h5-12H,1-4H3,(H,22,23,24). The van der Waals surface area contributed by atoms with Gasteiger partial charge in [0.2, 0.25) is 5.91 Å². The summed E-state index contributed by atoms with van der Waals surface area (Å²) in [5.41, 5.74) is 4.48. The van der Waals surface area contributed by atoms with Crippen molar-refractivity contribution in [2.75, 3.05) is 17.3 Å². The van der Waals surface area contributed by atoms with Crippen molar-refractivity contribution in [1.82, 2.24) is 15.0 Å². The van der Waals surface area contributed by atoms with Gasteiger partial charge in [0.15, 0.2) is 5.82 Å². The topological polar surface area (TPSA) is 71.0 Å². The Morgan fingerprint density at radius 1 is 1.08 bits per heavy atom. The predicted octanol–water partition coefficient (Wildman–Crippen LogP) is 3.88. The highest BCUT2D eigenvalue weighted by atomic mass is 16.2. The molecule has 0 aliphatic heterocycles. The smallest absolute Gasteiger partial charge is 0.223 e. The summed E-state index contributed by atoms with van der Waals surface area (Å²) in [6.07, 6.45) is 3.45. The average molecular weight is 347 g/mol. The second-order valence-corrected chi connectivity index (χ2v) is 6.10. The molecule has 0 spiro atoms. The van der Waals surface area contributed by atoms with Crippen LogP contribution >= 0.6 is 0 Å². The summed E-state index contributed by atoms with van der Waals surface area (Å²) in [4.78, 5) is 26.5. The van der Waals surface area contributed by atoms with Gasteiger partial charge >= 0.3 is 0 Å². The van der Waals surface area contributed by atoms with E-state index in [0.717, 1.165) is 34.0 Å². The molecule has 3 rings (SSSR count). The maximum atomic E-state index is 11.6. The van der Waals surface area contributed by atoms with Gasteiger partial charge in [-0.25, -0.2) is 9.97 Å². The number of hydrogen-bond acceptors (Lipinski definition) is 5. The van der Waals surface area contributed by atoms with Crippen molar-refractivity contribution in [1.29, 1.82) is 0 Å². The third-order valence-corrected chi connectivity index (χ3v) is 4.30. The van der Waals surface area contributed by atoms with Gasteiger partial charge in [-0.15, -0.1) is 0 Å². The van der Waals surface area contributed by atoms with Gasteiger partial charge in [-0.2, -0.15) is 0 Å². The Balaban J connectivity index is 1.96. The van der Waals surface area contributed by atoms with Crippen LogP contribution in [-0.4, -0.2) is 27.9 Å². The van der Waals surface area contributed by atoms with E-state index in [1.807, 2.05) is 50.2 Å².